The lowest BCUT2D eigenvalue weighted by Crippen LogP contribution is -2.31. The third-order valence-electron chi connectivity index (χ3n) is 3.09. The van der Waals surface area contributed by atoms with E-state index in [1.54, 1.807) is 11.9 Å². The molecule has 1 aliphatic heterocycles. The Hall–Kier alpha value is -1.91. The number of carbonyl (C=O) groups is 1. The van der Waals surface area contributed by atoms with E-state index in [1.807, 2.05) is 25.1 Å². The monoisotopic (exact) mass is 264 g/mol. The number of hydrogen-bond acceptors (Lipinski definition) is 4. The summed E-state index contributed by atoms with van der Waals surface area (Å²) >= 11 is 0. The minimum atomic E-state index is 0.0645. The number of rotatable bonds is 4. The molecular weight excluding hydrogens is 244 g/mol. The summed E-state index contributed by atoms with van der Waals surface area (Å²) in [6.07, 6.45) is 0.886. The minimum absolute atomic E-state index is 0.0645. The number of anilines is 1. The van der Waals surface area contributed by atoms with Gasteiger partial charge in [0.1, 0.15) is 0 Å². The van der Waals surface area contributed by atoms with Crippen LogP contribution >= 0.6 is 0 Å². The van der Waals surface area contributed by atoms with Crippen molar-refractivity contribution in [2.45, 2.75) is 13.3 Å². The van der Waals surface area contributed by atoms with Crippen molar-refractivity contribution in [3.63, 3.8) is 0 Å². The number of likely N-dealkylation sites (N-methyl/N-ethyl adjacent to an activating group) is 1. The van der Waals surface area contributed by atoms with Crippen LogP contribution in [0.15, 0.2) is 18.2 Å². The van der Waals surface area contributed by atoms with Crippen LogP contribution in [0.3, 0.4) is 0 Å². The summed E-state index contributed by atoms with van der Waals surface area (Å²) in [5.41, 5.74) is 0.863. The Morgan fingerprint density at radius 1 is 1.32 bits per heavy atom. The summed E-state index contributed by atoms with van der Waals surface area (Å²) in [6, 6.07) is 5.64. The fraction of sp³-hybridized carbons (Fsp3) is 0.500. The Morgan fingerprint density at radius 2 is 2.05 bits per heavy atom. The maximum atomic E-state index is 11.7. The summed E-state index contributed by atoms with van der Waals surface area (Å²) in [6.45, 7) is 4.28. The fourth-order valence-electron chi connectivity index (χ4n) is 1.76. The van der Waals surface area contributed by atoms with Gasteiger partial charge in [-0.3, -0.25) is 4.79 Å². The smallest absolute Gasteiger partial charge is 0.241 e. The van der Waals surface area contributed by atoms with Crippen LogP contribution in [0.2, 0.25) is 0 Å². The molecule has 0 spiro atoms. The highest BCUT2D eigenvalue weighted by Crippen LogP contribution is 2.32. The van der Waals surface area contributed by atoms with Crippen LogP contribution in [0.25, 0.3) is 0 Å². The van der Waals surface area contributed by atoms with Gasteiger partial charge in [-0.15, -0.1) is 0 Å². The number of ether oxygens (including phenoxy) is 2. The van der Waals surface area contributed by atoms with E-state index in [1.165, 1.54) is 0 Å². The van der Waals surface area contributed by atoms with E-state index in [2.05, 4.69) is 5.32 Å². The van der Waals surface area contributed by atoms with Crippen LogP contribution in [0.1, 0.15) is 13.3 Å². The van der Waals surface area contributed by atoms with Crippen molar-refractivity contribution in [1.82, 2.24) is 4.90 Å². The second-order valence-corrected chi connectivity index (χ2v) is 4.47. The molecule has 0 unspecified atom stereocenters. The Bertz CT molecular complexity index is 448. The first-order valence-corrected chi connectivity index (χ1v) is 6.58. The van der Waals surface area contributed by atoms with E-state index in [-0.39, 0.29) is 12.5 Å². The molecule has 0 aromatic heterocycles. The summed E-state index contributed by atoms with van der Waals surface area (Å²) in [5.74, 6) is 1.56. The number of hydrogen-bond donors (Lipinski definition) is 1. The minimum Gasteiger partial charge on any atom is -0.490 e. The third-order valence-corrected chi connectivity index (χ3v) is 3.09. The zero-order valence-corrected chi connectivity index (χ0v) is 11.4. The summed E-state index contributed by atoms with van der Waals surface area (Å²) in [7, 11) is 1.79. The Kier molecular flexibility index (Phi) is 4.49. The molecule has 5 heteroatoms. The van der Waals surface area contributed by atoms with Crippen LogP contribution < -0.4 is 14.8 Å². The van der Waals surface area contributed by atoms with Crippen molar-refractivity contribution in [3.8, 4) is 11.5 Å². The molecule has 0 saturated heterocycles. The van der Waals surface area contributed by atoms with E-state index in [0.717, 1.165) is 23.6 Å². The molecule has 2 rings (SSSR count). The zero-order valence-electron chi connectivity index (χ0n) is 11.4. The van der Waals surface area contributed by atoms with Gasteiger partial charge in [0.2, 0.25) is 5.91 Å². The van der Waals surface area contributed by atoms with E-state index < -0.39 is 0 Å². The van der Waals surface area contributed by atoms with Gasteiger partial charge in [0.05, 0.1) is 19.8 Å². The number of nitrogens with one attached hydrogen (secondary N) is 1. The van der Waals surface area contributed by atoms with Gasteiger partial charge in [-0.05, 0) is 19.1 Å². The van der Waals surface area contributed by atoms with Gasteiger partial charge >= 0.3 is 0 Å². The maximum absolute atomic E-state index is 11.7. The Morgan fingerprint density at radius 3 is 2.79 bits per heavy atom. The number of fused-ring (bicyclic) bond motifs is 1. The lowest BCUT2D eigenvalue weighted by atomic mass is 10.2. The Labute approximate surface area is 113 Å². The van der Waals surface area contributed by atoms with Crippen molar-refractivity contribution in [2.75, 3.05) is 38.7 Å². The molecule has 0 aliphatic carbocycles. The highest BCUT2D eigenvalue weighted by Gasteiger charge is 2.11. The van der Waals surface area contributed by atoms with Gasteiger partial charge in [-0.25, -0.2) is 0 Å². The average molecular weight is 264 g/mol. The van der Waals surface area contributed by atoms with Crippen LogP contribution in [0.4, 0.5) is 5.69 Å². The first-order chi connectivity index (χ1) is 9.20. The lowest BCUT2D eigenvalue weighted by molar-refractivity contribution is -0.127. The predicted octanol–water partition coefficient (Wildman–Crippen LogP) is 1.74. The molecule has 19 heavy (non-hydrogen) atoms. The normalized spacial score (nSPS) is 13.6. The molecule has 1 amide bonds. The standard InChI is InChI=1S/C14H20N2O3/c1-3-16(2)14(17)10-15-11-5-6-12-13(9-11)19-8-4-7-18-12/h5-6,9,15H,3-4,7-8,10H2,1-2H3. The molecule has 0 saturated carbocycles. The number of nitrogens with zero attached hydrogens (tertiary/aromatic N) is 1. The van der Waals surface area contributed by atoms with E-state index in [9.17, 15) is 4.79 Å². The van der Waals surface area contributed by atoms with Gasteiger partial charge in [-0.1, -0.05) is 0 Å². The molecular formula is C14H20N2O3. The molecule has 1 aromatic rings. The molecule has 0 radical (unpaired) electrons. The second kappa shape index (κ2) is 6.31. The first kappa shape index (κ1) is 13.5. The third kappa shape index (κ3) is 3.53. The lowest BCUT2D eigenvalue weighted by Gasteiger charge is -2.16. The maximum Gasteiger partial charge on any atom is 0.241 e. The predicted molar refractivity (Wildman–Crippen MR) is 73.8 cm³/mol. The highest BCUT2D eigenvalue weighted by atomic mass is 16.5. The molecule has 1 heterocycles. The molecule has 5 nitrogen and oxygen atoms in total. The summed E-state index contributed by atoms with van der Waals surface area (Å²) < 4.78 is 11.2. The van der Waals surface area contributed by atoms with E-state index in [4.69, 9.17) is 9.47 Å². The SMILES string of the molecule is CCN(C)C(=O)CNc1ccc2c(c1)OCCCO2. The summed E-state index contributed by atoms with van der Waals surface area (Å²) in [4.78, 5) is 13.4. The molecule has 0 atom stereocenters. The van der Waals surface area contributed by atoms with Crippen LogP contribution in [-0.2, 0) is 4.79 Å². The largest absolute Gasteiger partial charge is 0.490 e. The zero-order chi connectivity index (χ0) is 13.7. The fourth-order valence-corrected chi connectivity index (χ4v) is 1.76. The van der Waals surface area contributed by atoms with Crippen LogP contribution in [0, 0.1) is 0 Å². The van der Waals surface area contributed by atoms with E-state index >= 15 is 0 Å². The van der Waals surface area contributed by atoms with Crippen molar-refractivity contribution in [3.05, 3.63) is 18.2 Å². The quantitative estimate of drug-likeness (QED) is 0.900. The number of amides is 1. The van der Waals surface area contributed by atoms with Crippen LogP contribution in [-0.4, -0.2) is 44.2 Å². The Balaban J connectivity index is 1.98. The number of benzene rings is 1. The highest BCUT2D eigenvalue weighted by molar-refractivity contribution is 5.80. The first-order valence-electron chi connectivity index (χ1n) is 6.58. The molecule has 104 valence electrons. The molecule has 1 aromatic carbocycles. The van der Waals surface area contributed by atoms with E-state index in [0.29, 0.717) is 19.8 Å². The van der Waals surface area contributed by atoms with Gasteiger partial charge in [0.15, 0.2) is 11.5 Å². The van der Waals surface area contributed by atoms with Crippen molar-refractivity contribution in [1.29, 1.82) is 0 Å². The molecule has 0 bridgehead atoms. The van der Waals surface area contributed by atoms with Crippen LogP contribution in [0.5, 0.6) is 11.5 Å². The average Bonchev–Trinajstić information content (AvgIpc) is 2.68. The molecule has 1 N–H and O–H groups in total. The molecule has 1 aliphatic rings. The summed E-state index contributed by atoms with van der Waals surface area (Å²) in [5, 5.41) is 3.10. The molecule has 0 fully saturated rings. The van der Waals surface area contributed by atoms with Gasteiger partial charge in [0, 0.05) is 31.8 Å². The van der Waals surface area contributed by atoms with Gasteiger partial charge < -0.3 is 19.7 Å². The topological polar surface area (TPSA) is 50.8 Å². The van der Waals surface area contributed by atoms with Gasteiger partial charge in [0.25, 0.3) is 0 Å². The van der Waals surface area contributed by atoms with Crippen molar-refractivity contribution in [2.24, 2.45) is 0 Å². The van der Waals surface area contributed by atoms with Gasteiger partial charge in [-0.2, -0.15) is 0 Å². The second-order valence-electron chi connectivity index (χ2n) is 4.47. The van der Waals surface area contributed by atoms with Crippen molar-refractivity contribution < 1.29 is 14.3 Å². The van der Waals surface area contributed by atoms with Crippen molar-refractivity contribution >= 4 is 11.6 Å². The number of carbonyl (C=O) groups excluding carboxylic acids is 1.